The van der Waals surface area contributed by atoms with Crippen molar-refractivity contribution in [3.05, 3.63) is 29.3 Å². The van der Waals surface area contributed by atoms with E-state index in [1.165, 1.54) is 11.1 Å². The molecule has 16 heavy (non-hydrogen) atoms. The van der Waals surface area contributed by atoms with Crippen LogP contribution >= 0.6 is 0 Å². The van der Waals surface area contributed by atoms with Gasteiger partial charge in [0.2, 0.25) is 0 Å². The van der Waals surface area contributed by atoms with Crippen LogP contribution in [0.1, 0.15) is 45.7 Å². The molecule has 1 aromatic rings. The minimum absolute atomic E-state index is 0.446. The van der Waals surface area contributed by atoms with E-state index in [2.05, 4.69) is 59.4 Å². The summed E-state index contributed by atoms with van der Waals surface area (Å²) in [5.74, 6) is 0. The Hall–Kier alpha value is -0.563. The zero-order valence-electron chi connectivity index (χ0n) is 11.6. The quantitative estimate of drug-likeness (QED) is 0.694. The molecule has 1 radical (unpaired) electrons. The van der Waals surface area contributed by atoms with Crippen LogP contribution in [0, 0.1) is 0 Å². The molecular weight excluding hydrogens is 208 g/mol. The largest absolute Gasteiger partial charge is 0.0880 e. The maximum Gasteiger partial charge on any atom is 0.0880 e. The second-order valence-corrected chi connectivity index (χ2v) is 8.95. The van der Waals surface area contributed by atoms with E-state index in [1.54, 1.807) is 5.19 Å². The lowest BCUT2D eigenvalue weighted by Crippen LogP contribution is -2.36. The lowest BCUT2D eigenvalue weighted by Gasteiger charge is -2.26. The van der Waals surface area contributed by atoms with Crippen LogP contribution in [0.3, 0.4) is 0 Å². The van der Waals surface area contributed by atoms with Gasteiger partial charge in [0.1, 0.15) is 0 Å². The average molecular weight is 233 g/mol. The van der Waals surface area contributed by atoms with Gasteiger partial charge >= 0.3 is 0 Å². The van der Waals surface area contributed by atoms with Crippen molar-refractivity contribution in [1.29, 1.82) is 0 Å². The predicted molar refractivity (Wildman–Crippen MR) is 76.2 cm³/mol. The van der Waals surface area contributed by atoms with Gasteiger partial charge in [0.05, 0.1) is 8.80 Å². The molecule has 0 nitrogen and oxygen atoms in total. The van der Waals surface area contributed by atoms with Crippen molar-refractivity contribution in [2.24, 2.45) is 0 Å². The first-order chi connectivity index (χ1) is 7.38. The Labute approximate surface area is 103 Å². The average Bonchev–Trinajstić information content (AvgIpc) is 2.26. The highest BCUT2D eigenvalue weighted by Crippen LogP contribution is 2.26. The third-order valence-electron chi connectivity index (χ3n) is 3.43. The van der Waals surface area contributed by atoms with Crippen molar-refractivity contribution in [1.82, 2.24) is 0 Å². The smallest absolute Gasteiger partial charge is 0.0665 e. The van der Waals surface area contributed by atoms with Crippen molar-refractivity contribution in [3.8, 4) is 0 Å². The summed E-state index contributed by atoms with van der Waals surface area (Å²) in [5.41, 5.74) is 3.01. The monoisotopic (exact) mass is 233 g/mol. The van der Waals surface area contributed by atoms with Crippen LogP contribution in [-0.2, 0) is 12.8 Å². The Kier molecular flexibility index (Phi) is 4.37. The summed E-state index contributed by atoms with van der Waals surface area (Å²) in [6.45, 7) is 14.0. The highest BCUT2D eigenvalue weighted by molar-refractivity contribution is 6.74. The van der Waals surface area contributed by atoms with Crippen LogP contribution in [-0.4, -0.2) is 8.80 Å². The second-order valence-electron chi connectivity index (χ2n) is 5.62. The Morgan fingerprint density at radius 1 is 0.938 bits per heavy atom. The van der Waals surface area contributed by atoms with Crippen LogP contribution in [0.2, 0.25) is 11.6 Å². The van der Waals surface area contributed by atoms with Gasteiger partial charge in [-0.1, -0.05) is 64.6 Å². The first-order valence-electron chi connectivity index (χ1n) is 6.35. The van der Waals surface area contributed by atoms with E-state index >= 15 is 0 Å². The zero-order chi connectivity index (χ0) is 12.3. The van der Waals surface area contributed by atoms with Crippen LogP contribution < -0.4 is 5.19 Å². The van der Waals surface area contributed by atoms with E-state index in [0.29, 0.717) is 5.04 Å². The molecule has 0 bridgehead atoms. The van der Waals surface area contributed by atoms with Crippen LogP contribution in [0.4, 0.5) is 0 Å². The van der Waals surface area contributed by atoms with Gasteiger partial charge in [0.15, 0.2) is 0 Å². The second kappa shape index (κ2) is 5.18. The molecule has 0 spiro atoms. The summed E-state index contributed by atoms with van der Waals surface area (Å²) in [6.07, 6.45) is 2.31. The highest BCUT2D eigenvalue weighted by atomic mass is 28.3. The van der Waals surface area contributed by atoms with Gasteiger partial charge in [-0.15, -0.1) is 0 Å². The van der Waals surface area contributed by atoms with Crippen LogP contribution in [0.5, 0.6) is 0 Å². The normalized spacial score (nSPS) is 12.2. The molecule has 89 valence electrons. The summed E-state index contributed by atoms with van der Waals surface area (Å²) in [6, 6.07) is 7.22. The van der Waals surface area contributed by atoms with Gasteiger partial charge in [0.25, 0.3) is 0 Å². The molecule has 0 fully saturated rings. The highest BCUT2D eigenvalue weighted by Gasteiger charge is 2.24. The predicted octanol–water partition coefficient (Wildman–Crippen LogP) is 3.94. The third kappa shape index (κ3) is 3.21. The lowest BCUT2D eigenvalue weighted by atomic mass is 10.1. The van der Waals surface area contributed by atoms with Crippen molar-refractivity contribution in [2.45, 2.75) is 59.0 Å². The Balaban J connectivity index is 3.13. The van der Waals surface area contributed by atoms with Gasteiger partial charge < -0.3 is 0 Å². The first kappa shape index (κ1) is 13.5. The van der Waals surface area contributed by atoms with Crippen molar-refractivity contribution < 1.29 is 0 Å². The molecule has 0 saturated carbocycles. The topological polar surface area (TPSA) is 0 Å². The van der Waals surface area contributed by atoms with Crippen molar-refractivity contribution >= 4 is 14.0 Å². The van der Waals surface area contributed by atoms with Gasteiger partial charge in [-0.3, -0.25) is 0 Å². The Morgan fingerprint density at radius 2 is 1.38 bits per heavy atom. The molecular formula is C15H25Si. The van der Waals surface area contributed by atoms with E-state index in [1.807, 2.05) is 0 Å². The molecule has 0 atom stereocenters. The molecule has 0 amide bonds. The molecule has 0 aliphatic rings. The molecule has 0 aromatic heterocycles. The summed E-state index contributed by atoms with van der Waals surface area (Å²) in [7, 11) is -0.447. The first-order valence-corrected chi connectivity index (χ1v) is 8.35. The fourth-order valence-electron chi connectivity index (χ4n) is 1.82. The molecule has 0 N–H and O–H groups in total. The fourth-order valence-corrected chi connectivity index (χ4v) is 3.49. The molecule has 0 unspecified atom stereocenters. The molecule has 1 rings (SSSR count). The lowest BCUT2D eigenvalue weighted by molar-refractivity contribution is 0.746. The van der Waals surface area contributed by atoms with E-state index in [0.717, 1.165) is 12.8 Å². The van der Waals surface area contributed by atoms with Gasteiger partial charge in [-0.2, -0.15) is 0 Å². The summed E-state index contributed by atoms with van der Waals surface area (Å²) in [4.78, 5) is 0. The molecule has 1 heteroatoms. The molecule has 1 aromatic carbocycles. The van der Waals surface area contributed by atoms with Crippen LogP contribution in [0.15, 0.2) is 18.2 Å². The number of rotatable bonds is 3. The van der Waals surface area contributed by atoms with Crippen LogP contribution in [0.25, 0.3) is 0 Å². The number of hydrogen-bond donors (Lipinski definition) is 0. The Bertz CT molecular complexity index is 325. The zero-order valence-corrected chi connectivity index (χ0v) is 12.6. The summed E-state index contributed by atoms with van der Waals surface area (Å²) < 4.78 is 0. The fraction of sp³-hybridized carbons (Fsp3) is 0.600. The number of aryl methyl sites for hydroxylation is 2. The maximum absolute atomic E-state index is 2.44. The molecule has 0 saturated heterocycles. The van der Waals surface area contributed by atoms with E-state index in [4.69, 9.17) is 0 Å². The van der Waals surface area contributed by atoms with Crippen molar-refractivity contribution in [2.75, 3.05) is 0 Å². The van der Waals surface area contributed by atoms with E-state index < -0.39 is 8.80 Å². The SMILES string of the molecule is CCc1cc(CC)cc([Si](C)C(C)(C)C)c1. The third-order valence-corrected chi connectivity index (χ3v) is 6.83. The molecule has 0 aliphatic carbocycles. The molecule has 0 heterocycles. The Morgan fingerprint density at radius 3 is 1.69 bits per heavy atom. The summed E-state index contributed by atoms with van der Waals surface area (Å²) >= 11 is 0. The summed E-state index contributed by atoms with van der Waals surface area (Å²) in [5, 5.41) is 2.05. The number of benzene rings is 1. The minimum Gasteiger partial charge on any atom is -0.0665 e. The van der Waals surface area contributed by atoms with Gasteiger partial charge in [0, 0.05) is 0 Å². The molecule has 0 aliphatic heterocycles. The van der Waals surface area contributed by atoms with Crippen molar-refractivity contribution in [3.63, 3.8) is 0 Å². The maximum atomic E-state index is 2.44. The standard InChI is InChI=1S/C15H25Si/c1-7-12-9-13(8-2)11-14(10-12)16(6)15(3,4)5/h9-11H,7-8H2,1-6H3. The van der Waals surface area contributed by atoms with E-state index in [9.17, 15) is 0 Å². The van der Waals surface area contributed by atoms with E-state index in [-0.39, 0.29) is 0 Å². The minimum atomic E-state index is -0.447. The van der Waals surface area contributed by atoms with Gasteiger partial charge in [-0.05, 0) is 29.0 Å². The van der Waals surface area contributed by atoms with Gasteiger partial charge in [-0.25, -0.2) is 0 Å². The number of hydrogen-bond acceptors (Lipinski definition) is 0.